The van der Waals surface area contributed by atoms with Gasteiger partial charge in [0.15, 0.2) is 0 Å². The number of aliphatic carboxylic acids is 1. The number of phenols is 1. The minimum Gasteiger partial charge on any atom is -0.508 e. The molecule has 2 fully saturated rings. The number of carbonyl (C=O) groups is 2. The number of nitrogens with zero attached hydrogens (tertiary/aromatic N) is 1. The Morgan fingerprint density at radius 1 is 1.20 bits per heavy atom. The van der Waals surface area contributed by atoms with Crippen molar-refractivity contribution in [3.63, 3.8) is 0 Å². The molecule has 200 valence electrons. The zero-order valence-corrected chi connectivity index (χ0v) is 22.1. The van der Waals surface area contributed by atoms with Crippen LogP contribution in [0.1, 0.15) is 83.6 Å². The van der Waals surface area contributed by atoms with Gasteiger partial charge in [-0.05, 0) is 73.6 Å². The molecule has 1 heterocycles. The zero-order chi connectivity index (χ0) is 23.8. The van der Waals surface area contributed by atoms with Crippen LogP contribution in [0.2, 0.25) is 0 Å². The van der Waals surface area contributed by atoms with Crippen molar-refractivity contribution in [3.8, 4) is 5.75 Å². The normalized spacial score (nSPS) is 24.0. The summed E-state index contributed by atoms with van der Waals surface area (Å²) in [5.74, 6) is 0.477. The van der Waals surface area contributed by atoms with Crippen molar-refractivity contribution >= 4 is 24.3 Å². The number of likely N-dealkylation sites (tertiary alicyclic amines) is 1. The van der Waals surface area contributed by atoms with E-state index in [1.807, 2.05) is 12.1 Å². The van der Waals surface area contributed by atoms with Crippen LogP contribution < -0.4 is 5.32 Å². The summed E-state index contributed by atoms with van der Waals surface area (Å²) in [6.07, 6.45) is 8.83. The van der Waals surface area contributed by atoms with Gasteiger partial charge in [0, 0.05) is 32.0 Å². The van der Waals surface area contributed by atoms with Crippen LogP contribution in [0.3, 0.4) is 0 Å². The Kier molecular flexibility index (Phi) is 13.1. The topological polar surface area (TPSA) is 121 Å². The number of carbonyl (C=O) groups excluding carboxylic acids is 1. The van der Waals surface area contributed by atoms with Crippen molar-refractivity contribution in [3.05, 3.63) is 29.8 Å². The number of aromatic hydroxyl groups is 1. The molecule has 35 heavy (non-hydrogen) atoms. The second kappa shape index (κ2) is 14.7. The molecule has 3 rings (SSSR count). The van der Waals surface area contributed by atoms with E-state index in [9.17, 15) is 14.7 Å². The third kappa shape index (κ3) is 8.96. The summed E-state index contributed by atoms with van der Waals surface area (Å²) >= 11 is 0. The summed E-state index contributed by atoms with van der Waals surface area (Å²) in [7, 11) is 0. The van der Waals surface area contributed by atoms with E-state index in [0.29, 0.717) is 30.4 Å². The highest BCUT2D eigenvalue weighted by Gasteiger charge is 2.38. The predicted molar refractivity (Wildman–Crippen MR) is 141 cm³/mol. The molecule has 1 saturated heterocycles. The SMILES string of the molecule is C[C@H]1CN(CCC(NC(=O)CCCC(=O)O)C2CCCCC2)CC[C@]1(C)c1cccc(O)c1.Cl.O. The van der Waals surface area contributed by atoms with Crippen LogP contribution >= 0.6 is 12.4 Å². The van der Waals surface area contributed by atoms with Crippen LogP contribution in [0.25, 0.3) is 0 Å². The van der Waals surface area contributed by atoms with Gasteiger partial charge in [0.25, 0.3) is 0 Å². The Balaban J connectivity index is 0.00000306. The second-order valence-corrected chi connectivity index (χ2v) is 10.5. The van der Waals surface area contributed by atoms with Crippen LogP contribution in [-0.2, 0) is 15.0 Å². The number of nitrogens with one attached hydrogen (secondary N) is 1. The van der Waals surface area contributed by atoms with E-state index in [0.717, 1.165) is 32.5 Å². The number of hydrogen-bond acceptors (Lipinski definition) is 4. The highest BCUT2D eigenvalue weighted by atomic mass is 35.5. The van der Waals surface area contributed by atoms with E-state index >= 15 is 0 Å². The van der Waals surface area contributed by atoms with Crippen molar-refractivity contribution in [2.45, 2.75) is 89.5 Å². The molecule has 7 nitrogen and oxygen atoms in total. The van der Waals surface area contributed by atoms with Crippen LogP contribution in [0.4, 0.5) is 0 Å². The van der Waals surface area contributed by atoms with Crippen molar-refractivity contribution in [1.29, 1.82) is 0 Å². The minimum atomic E-state index is -0.844. The number of amides is 1. The zero-order valence-electron chi connectivity index (χ0n) is 21.3. The molecule has 1 aliphatic heterocycles. The average molecular weight is 513 g/mol. The lowest BCUT2D eigenvalue weighted by Gasteiger charge is -2.45. The van der Waals surface area contributed by atoms with Crippen LogP contribution in [0, 0.1) is 11.8 Å². The quantitative estimate of drug-likeness (QED) is 0.431. The number of halogens is 1. The van der Waals surface area contributed by atoms with Crippen LogP contribution in [-0.4, -0.2) is 58.1 Å². The van der Waals surface area contributed by atoms with Crippen molar-refractivity contribution in [1.82, 2.24) is 10.2 Å². The van der Waals surface area contributed by atoms with Gasteiger partial charge in [0.2, 0.25) is 5.91 Å². The van der Waals surface area contributed by atoms with E-state index < -0.39 is 5.97 Å². The van der Waals surface area contributed by atoms with Gasteiger partial charge in [-0.2, -0.15) is 0 Å². The molecule has 0 aromatic heterocycles. The molecule has 1 aliphatic carbocycles. The lowest BCUT2D eigenvalue weighted by molar-refractivity contribution is -0.137. The molecule has 1 saturated carbocycles. The van der Waals surface area contributed by atoms with Crippen LogP contribution in [0.15, 0.2) is 24.3 Å². The average Bonchev–Trinajstić information content (AvgIpc) is 2.79. The number of hydrogen-bond donors (Lipinski definition) is 3. The minimum absolute atomic E-state index is 0. The molecule has 2 aliphatic rings. The number of benzene rings is 1. The Morgan fingerprint density at radius 3 is 2.54 bits per heavy atom. The number of phenolic OH excluding ortho intramolecular Hbond substituents is 1. The summed E-state index contributed by atoms with van der Waals surface area (Å²) in [6.45, 7) is 7.61. The molecular formula is C27H45ClN2O5. The summed E-state index contributed by atoms with van der Waals surface area (Å²) < 4.78 is 0. The maximum absolute atomic E-state index is 12.5. The van der Waals surface area contributed by atoms with E-state index in [-0.39, 0.29) is 41.7 Å². The van der Waals surface area contributed by atoms with Gasteiger partial charge < -0.3 is 25.9 Å². The van der Waals surface area contributed by atoms with Crippen molar-refractivity contribution in [2.24, 2.45) is 11.8 Å². The second-order valence-electron chi connectivity index (χ2n) is 10.5. The molecule has 1 unspecified atom stereocenters. The van der Waals surface area contributed by atoms with E-state index in [1.54, 1.807) is 6.07 Å². The van der Waals surface area contributed by atoms with Gasteiger partial charge in [0.1, 0.15) is 5.75 Å². The van der Waals surface area contributed by atoms with Gasteiger partial charge >= 0.3 is 5.97 Å². The summed E-state index contributed by atoms with van der Waals surface area (Å²) in [6, 6.07) is 7.88. The first-order valence-electron chi connectivity index (χ1n) is 12.8. The fourth-order valence-corrected chi connectivity index (χ4v) is 5.77. The van der Waals surface area contributed by atoms with Gasteiger partial charge in [0.05, 0.1) is 0 Å². The first kappa shape index (κ1) is 31.2. The smallest absolute Gasteiger partial charge is 0.303 e. The monoisotopic (exact) mass is 512 g/mol. The van der Waals surface area contributed by atoms with E-state index in [4.69, 9.17) is 5.11 Å². The fraction of sp³-hybridized carbons (Fsp3) is 0.704. The number of carboxylic acids is 1. The molecule has 0 radical (unpaired) electrons. The largest absolute Gasteiger partial charge is 0.508 e. The third-order valence-electron chi connectivity index (χ3n) is 8.19. The number of piperidine rings is 1. The molecule has 5 N–H and O–H groups in total. The molecule has 1 aromatic carbocycles. The molecule has 0 spiro atoms. The lowest BCUT2D eigenvalue weighted by atomic mass is 9.68. The maximum atomic E-state index is 12.5. The standard InChI is InChI=1S/C27H42N2O4.ClH.H2O/c1-20-19-29(17-15-27(20,2)22-10-6-11-23(30)18-22)16-14-24(21-8-4-3-5-9-21)28-25(31)12-7-13-26(32)33;;/h6,10-11,18,20-21,24,30H,3-5,7-9,12-17,19H2,1-2H3,(H,28,31)(H,32,33);1H;1H2/t20-,24?,27-;;/m0../s1. The van der Waals surface area contributed by atoms with Crippen LogP contribution in [0.5, 0.6) is 5.75 Å². The molecular weight excluding hydrogens is 468 g/mol. The first-order valence-corrected chi connectivity index (χ1v) is 12.8. The summed E-state index contributed by atoms with van der Waals surface area (Å²) in [5, 5.41) is 22.1. The fourth-order valence-electron chi connectivity index (χ4n) is 5.77. The van der Waals surface area contributed by atoms with Crippen molar-refractivity contribution in [2.75, 3.05) is 19.6 Å². The van der Waals surface area contributed by atoms with Gasteiger partial charge in [-0.1, -0.05) is 45.2 Å². The van der Waals surface area contributed by atoms with Gasteiger partial charge in [-0.15, -0.1) is 12.4 Å². The van der Waals surface area contributed by atoms with Crippen molar-refractivity contribution < 1.29 is 25.3 Å². The molecule has 1 amide bonds. The number of rotatable bonds is 10. The molecule has 3 atom stereocenters. The Labute approximate surface area is 216 Å². The highest BCUT2D eigenvalue weighted by Crippen LogP contribution is 2.40. The molecule has 8 heteroatoms. The summed E-state index contributed by atoms with van der Waals surface area (Å²) in [5.41, 5.74) is 1.26. The Morgan fingerprint density at radius 2 is 1.91 bits per heavy atom. The first-order chi connectivity index (χ1) is 15.8. The van der Waals surface area contributed by atoms with Gasteiger partial charge in [-0.25, -0.2) is 0 Å². The number of carboxylic acid groups (broad SMARTS) is 1. The lowest BCUT2D eigenvalue weighted by Crippen LogP contribution is -2.49. The molecule has 0 bridgehead atoms. The van der Waals surface area contributed by atoms with Gasteiger partial charge in [-0.3, -0.25) is 9.59 Å². The molecule has 1 aromatic rings. The maximum Gasteiger partial charge on any atom is 0.303 e. The Hall–Kier alpha value is -1.83. The Bertz CT molecular complexity index is 802. The highest BCUT2D eigenvalue weighted by molar-refractivity contribution is 5.85. The summed E-state index contributed by atoms with van der Waals surface area (Å²) in [4.78, 5) is 25.8. The van der Waals surface area contributed by atoms with E-state index in [1.165, 1.54) is 37.7 Å². The predicted octanol–water partition coefficient (Wildman–Crippen LogP) is 4.30. The van der Waals surface area contributed by atoms with E-state index in [2.05, 4.69) is 30.1 Å². The third-order valence-corrected chi connectivity index (χ3v) is 8.19.